The molecule has 1 aliphatic rings. The van der Waals surface area contributed by atoms with Gasteiger partial charge in [-0.25, -0.2) is 4.79 Å². The van der Waals surface area contributed by atoms with Gasteiger partial charge in [0.2, 0.25) is 0 Å². The molecule has 2 aromatic carbocycles. The topological polar surface area (TPSA) is 63.6 Å². The molecule has 0 radical (unpaired) electrons. The number of benzene rings is 2. The van der Waals surface area contributed by atoms with E-state index in [1.54, 1.807) is 6.92 Å². The van der Waals surface area contributed by atoms with Crippen molar-refractivity contribution in [2.24, 2.45) is 5.92 Å². The molecule has 0 aliphatic carbocycles. The van der Waals surface area contributed by atoms with Crippen LogP contribution in [0.4, 0.5) is 0 Å². The molecule has 1 N–H and O–H groups in total. The number of rotatable bonds is 8. The summed E-state index contributed by atoms with van der Waals surface area (Å²) in [6.45, 7) is 8.26. The van der Waals surface area contributed by atoms with Crippen LogP contribution in [0.3, 0.4) is 0 Å². The van der Waals surface area contributed by atoms with Crippen LogP contribution in [0.5, 0.6) is 0 Å². The third kappa shape index (κ3) is 5.63. The molecule has 0 aromatic heterocycles. The molecule has 1 aliphatic heterocycles. The minimum Gasteiger partial charge on any atom is -0.507 e. The number of ether oxygens (including phenoxy) is 1. The van der Waals surface area contributed by atoms with Crippen molar-refractivity contribution in [2.75, 3.05) is 0 Å². The number of hydrogen-bond donors (Lipinski definition) is 1. The van der Waals surface area contributed by atoms with Gasteiger partial charge < -0.3 is 9.84 Å². The average molecular weight is 421 g/mol. The largest absolute Gasteiger partial charge is 0.507 e. The van der Waals surface area contributed by atoms with Crippen LogP contribution in [0, 0.1) is 5.92 Å². The zero-order valence-corrected chi connectivity index (χ0v) is 18.9. The molecule has 31 heavy (non-hydrogen) atoms. The first-order valence-corrected chi connectivity index (χ1v) is 11.0. The van der Waals surface area contributed by atoms with Gasteiger partial charge in [0, 0.05) is 5.92 Å². The van der Waals surface area contributed by atoms with Gasteiger partial charge in [-0.1, -0.05) is 82.3 Å². The van der Waals surface area contributed by atoms with Gasteiger partial charge in [0.1, 0.15) is 5.57 Å². The van der Waals surface area contributed by atoms with Crippen LogP contribution in [-0.4, -0.2) is 23.0 Å². The molecule has 0 bridgehead atoms. The van der Waals surface area contributed by atoms with E-state index in [1.165, 1.54) is 11.1 Å². The average Bonchev–Trinajstić information content (AvgIpc) is 3.01. The van der Waals surface area contributed by atoms with Crippen molar-refractivity contribution in [3.63, 3.8) is 0 Å². The third-order valence-electron chi connectivity index (χ3n) is 5.84. The van der Waals surface area contributed by atoms with Crippen molar-refractivity contribution in [1.29, 1.82) is 0 Å². The number of aliphatic hydroxyl groups is 1. The van der Waals surface area contributed by atoms with E-state index >= 15 is 0 Å². The Bertz CT molecular complexity index is 949. The van der Waals surface area contributed by atoms with Gasteiger partial charge in [-0.3, -0.25) is 4.79 Å². The molecule has 3 rings (SSSR count). The highest BCUT2D eigenvalue weighted by Gasteiger charge is 2.39. The van der Waals surface area contributed by atoms with Crippen molar-refractivity contribution in [1.82, 2.24) is 0 Å². The lowest BCUT2D eigenvalue weighted by atomic mass is 9.85. The first-order chi connectivity index (χ1) is 14.7. The molecule has 0 saturated heterocycles. The van der Waals surface area contributed by atoms with Crippen LogP contribution in [0.1, 0.15) is 57.2 Å². The normalized spacial score (nSPS) is 17.5. The van der Waals surface area contributed by atoms with Gasteiger partial charge in [-0.15, -0.1) is 0 Å². The molecule has 2 aromatic rings. The highest BCUT2D eigenvalue weighted by Crippen LogP contribution is 2.28. The lowest BCUT2D eigenvalue weighted by Gasteiger charge is -2.19. The van der Waals surface area contributed by atoms with Crippen molar-refractivity contribution >= 4 is 11.8 Å². The monoisotopic (exact) mass is 420 g/mol. The van der Waals surface area contributed by atoms with E-state index in [2.05, 4.69) is 32.9 Å². The third-order valence-corrected chi connectivity index (χ3v) is 5.84. The zero-order valence-electron chi connectivity index (χ0n) is 18.9. The fraction of sp³-hybridized carbons (Fsp3) is 0.407. The fourth-order valence-electron chi connectivity index (χ4n) is 3.90. The maximum Gasteiger partial charge on any atom is 0.346 e. The Kier molecular flexibility index (Phi) is 6.99. The van der Waals surface area contributed by atoms with E-state index in [9.17, 15) is 14.7 Å². The number of ketones is 1. The number of hydrogen-bond acceptors (Lipinski definition) is 4. The molecular weight excluding hydrogens is 388 g/mol. The molecule has 4 heteroatoms. The smallest absolute Gasteiger partial charge is 0.346 e. The Morgan fingerprint density at radius 3 is 2.29 bits per heavy atom. The van der Waals surface area contributed by atoms with Crippen molar-refractivity contribution in [3.8, 4) is 0 Å². The summed E-state index contributed by atoms with van der Waals surface area (Å²) in [4.78, 5) is 25.2. The van der Waals surface area contributed by atoms with Crippen LogP contribution in [-0.2, 0) is 32.6 Å². The van der Waals surface area contributed by atoms with Crippen molar-refractivity contribution in [2.45, 2.75) is 64.9 Å². The number of Topliss-reactive ketones (excluding diaryl/α,β-unsaturated/α-hetero) is 1. The zero-order chi connectivity index (χ0) is 22.6. The first-order valence-electron chi connectivity index (χ1n) is 11.0. The van der Waals surface area contributed by atoms with E-state index in [1.807, 2.05) is 42.5 Å². The fourth-order valence-corrected chi connectivity index (χ4v) is 3.90. The van der Waals surface area contributed by atoms with Gasteiger partial charge >= 0.3 is 5.97 Å². The number of carbonyl (C=O) groups is 2. The minimum absolute atomic E-state index is 0.0691. The lowest BCUT2D eigenvalue weighted by molar-refractivity contribution is -0.141. The van der Waals surface area contributed by atoms with E-state index in [4.69, 9.17) is 4.74 Å². The van der Waals surface area contributed by atoms with Crippen molar-refractivity contribution in [3.05, 3.63) is 82.6 Å². The quantitative estimate of drug-likeness (QED) is 0.453. The molecule has 2 atom stereocenters. The molecular formula is C27H32O4. The molecule has 0 fully saturated rings. The predicted octanol–water partition coefficient (Wildman–Crippen LogP) is 5.49. The highest BCUT2D eigenvalue weighted by molar-refractivity contribution is 6.19. The molecule has 4 nitrogen and oxygen atoms in total. The summed E-state index contributed by atoms with van der Waals surface area (Å²) in [5.41, 5.74) is 3.34. The maximum absolute atomic E-state index is 12.9. The summed E-state index contributed by atoms with van der Waals surface area (Å²) in [5.74, 6) is -1.69. The number of esters is 1. The highest BCUT2D eigenvalue weighted by atomic mass is 16.6. The van der Waals surface area contributed by atoms with Crippen LogP contribution in [0.25, 0.3) is 0 Å². The van der Waals surface area contributed by atoms with Gasteiger partial charge in [-0.05, 0) is 47.8 Å². The van der Waals surface area contributed by atoms with Gasteiger partial charge in [0.05, 0.1) is 0 Å². The summed E-state index contributed by atoms with van der Waals surface area (Å²) in [5, 5.41) is 10.5. The summed E-state index contributed by atoms with van der Waals surface area (Å²) < 4.78 is 5.32. The second kappa shape index (κ2) is 9.51. The lowest BCUT2D eigenvalue weighted by Crippen LogP contribution is -2.20. The molecule has 0 amide bonds. The Labute approximate surface area is 184 Å². The van der Waals surface area contributed by atoms with Crippen LogP contribution < -0.4 is 0 Å². The number of aliphatic hydroxyl groups excluding tert-OH is 1. The summed E-state index contributed by atoms with van der Waals surface area (Å²) in [6, 6.07) is 18.2. The van der Waals surface area contributed by atoms with E-state index in [0.717, 1.165) is 18.4 Å². The maximum atomic E-state index is 12.9. The summed E-state index contributed by atoms with van der Waals surface area (Å²) in [7, 11) is 0. The van der Waals surface area contributed by atoms with Gasteiger partial charge in [-0.2, -0.15) is 0 Å². The minimum atomic E-state index is -0.728. The molecule has 0 saturated carbocycles. The SMILES string of the molecule is CC(Cc1ccc(C(C)(C)C)cc1)C(=O)C1=C(O)C(CCCc2ccccc2)OC1=O. The Hall–Kier alpha value is -2.88. The second-order valence-electron chi connectivity index (χ2n) is 9.45. The second-order valence-corrected chi connectivity index (χ2v) is 9.45. The standard InChI is InChI=1S/C27H32O4/c1-18(17-20-13-15-21(16-14-20)27(2,3)4)24(28)23-25(29)22(31-26(23)30)12-8-11-19-9-6-5-7-10-19/h5-7,9-10,13-16,18,22,29H,8,11-12,17H2,1-4H3. The molecule has 1 heterocycles. The van der Waals surface area contributed by atoms with Gasteiger partial charge in [0.15, 0.2) is 17.6 Å². The number of aryl methyl sites for hydroxylation is 1. The van der Waals surface area contributed by atoms with Crippen LogP contribution in [0.15, 0.2) is 65.9 Å². The van der Waals surface area contributed by atoms with Crippen LogP contribution >= 0.6 is 0 Å². The number of cyclic esters (lactones) is 1. The number of carbonyl (C=O) groups excluding carboxylic acids is 2. The molecule has 2 unspecified atom stereocenters. The molecule has 164 valence electrons. The summed E-state index contributed by atoms with van der Waals surface area (Å²) >= 11 is 0. The predicted molar refractivity (Wildman–Crippen MR) is 122 cm³/mol. The van der Waals surface area contributed by atoms with E-state index in [0.29, 0.717) is 12.8 Å². The Morgan fingerprint density at radius 2 is 1.68 bits per heavy atom. The Morgan fingerprint density at radius 1 is 1.03 bits per heavy atom. The van der Waals surface area contributed by atoms with Crippen LogP contribution in [0.2, 0.25) is 0 Å². The summed E-state index contributed by atoms with van der Waals surface area (Å²) in [6.07, 6.45) is 1.85. The van der Waals surface area contributed by atoms with Gasteiger partial charge in [0.25, 0.3) is 0 Å². The first kappa shape index (κ1) is 22.8. The molecule has 0 spiro atoms. The van der Waals surface area contributed by atoms with E-state index in [-0.39, 0.29) is 22.5 Å². The Balaban J connectivity index is 1.61. The van der Waals surface area contributed by atoms with Crippen molar-refractivity contribution < 1.29 is 19.4 Å². The van der Waals surface area contributed by atoms with E-state index < -0.39 is 18.0 Å².